The minimum atomic E-state index is -0.969. The van der Waals surface area contributed by atoms with Crippen LogP contribution in [0, 0.1) is 0 Å². The van der Waals surface area contributed by atoms with Crippen molar-refractivity contribution < 1.29 is 19.2 Å². The molecule has 1 aliphatic rings. The first kappa shape index (κ1) is 19.3. The number of hydrogen-bond donors (Lipinski definition) is 0. The Balaban J connectivity index is 1.73. The molecule has 3 rings (SSSR count). The Morgan fingerprint density at radius 2 is 1.43 bits per heavy atom. The Kier molecular flexibility index (Phi) is 5.84. The third-order valence-electron chi connectivity index (χ3n) is 4.63. The molecule has 0 atom stereocenters. The molecule has 0 aromatic heterocycles. The number of amides is 5. The summed E-state index contributed by atoms with van der Waals surface area (Å²) in [5.74, 6) is -2.27. The van der Waals surface area contributed by atoms with Gasteiger partial charge in [0.15, 0.2) is 0 Å². The first-order valence-corrected chi connectivity index (χ1v) is 8.96. The molecule has 5 amide bonds. The van der Waals surface area contributed by atoms with Crippen molar-refractivity contribution >= 4 is 23.8 Å². The number of imide groups is 2. The highest BCUT2D eigenvalue weighted by molar-refractivity contribution is 6.44. The molecule has 0 spiro atoms. The van der Waals surface area contributed by atoms with Crippen LogP contribution in [0.3, 0.4) is 0 Å². The quantitative estimate of drug-likeness (QED) is 0.542. The molecule has 0 radical (unpaired) electrons. The van der Waals surface area contributed by atoms with Crippen LogP contribution in [0.2, 0.25) is 0 Å². The zero-order chi connectivity index (χ0) is 20.1. The fourth-order valence-electron chi connectivity index (χ4n) is 2.99. The number of urea groups is 1. The van der Waals surface area contributed by atoms with E-state index in [-0.39, 0.29) is 5.91 Å². The van der Waals surface area contributed by atoms with Crippen LogP contribution in [0.1, 0.15) is 11.1 Å². The minimum Gasteiger partial charge on any atom is -0.336 e. The molecule has 1 aliphatic heterocycles. The Morgan fingerprint density at radius 3 is 1.96 bits per heavy atom. The molecular weight excluding hydrogens is 358 g/mol. The highest BCUT2D eigenvalue weighted by atomic mass is 16.2. The zero-order valence-electron chi connectivity index (χ0n) is 15.6. The van der Waals surface area contributed by atoms with Crippen LogP contribution in [0.25, 0.3) is 0 Å². The standard InChI is InChI=1S/C21H21N3O4/c1-22-19(26)20(27)24(21(22)28)15-18(25)23(14-17-10-6-3-7-11-17)13-12-16-8-4-2-5-9-16/h2-11H,12-15H2,1H3. The summed E-state index contributed by atoms with van der Waals surface area (Å²) in [5.41, 5.74) is 2.02. The van der Waals surface area contributed by atoms with Gasteiger partial charge in [-0.25, -0.2) is 9.69 Å². The first-order valence-electron chi connectivity index (χ1n) is 8.96. The lowest BCUT2D eigenvalue weighted by molar-refractivity contribution is -0.144. The monoisotopic (exact) mass is 379 g/mol. The van der Waals surface area contributed by atoms with Gasteiger partial charge in [-0.3, -0.25) is 19.3 Å². The highest BCUT2D eigenvalue weighted by Crippen LogP contribution is 2.12. The average Bonchev–Trinajstić information content (AvgIpc) is 2.90. The number of hydrogen-bond acceptors (Lipinski definition) is 4. The van der Waals surface area contributed by atoms with Crippen molar-refractivity contribution in [2.45, 2.75) is 13.0 Å². The van der Waals surface area contributed by atoms with Gasteiger partial charge in [-0.2, -0.15) is 0 Å². The van der Waals surface area contributed by atoms with E-state index >= 15 is 0 Å². The van der Waals surface area contributed by atoms with E-state index in [4.69, 9.17) is 0 Å². The fourth-order valence-corrected chi connectivity index (χ4v) is 2.99. The summed E-state index contributed by atoms with van der Waals surface area (Å²) < 4.78 is 0. The van der Waals surface area contributed by atoms with Crippen LogP contribution in [-0.2, 0) is 27.3 Å². The summed E-state index contributed by atoms with van der Waals surface area (Å²) in [6.07, 6.45) is 0.639. The van der Waals surface area contributed by atoms with E-state index in [9.17, 15) is 19.2 Å². The number of nitrogens with zero attached hydrogens (tertiary/aromatic N) is 3. The van der Waals surface area contributed by atoms with Crippen LogP contribution in [0.15, 0.2) is 60.7 Å². The molecule has 0 aliphatic carbocycles. The third kappa shape index (κ3) is 4.25. The van der Waals surface area contributed by atoms with E-state index in [1.54, 1.807) is 4.90 Å². The molecule has 0 unspecified atom stereocenters. The molecule has 0 saturated carbocycles. The van der Waals surface area contributed by atoms with Crippen molar-refractivity contribution in [2.75, 3.05) is 20.1 Å². The highest BCUT2D eigenvalue weighted by Gasteiger charge is 2.43. The summed E-state index contributed by atoms with van der Waals surface area (Å²) in [4.78, 5) is 51.6. The van der Waals surface area contributed by atoms with E-state index in [0.717, 1.165) is 16.0 Å². The van der Waals surface area contributed by atoms with Crippen LogP contribution in [-0.4, -0.2) is 58.6 Å². The van der Waals surface area contributed by atoms with Crippen LogP contribution in [0.4, 0.5) is 4.79 Å². The van der Waals surface area contributed by atoms with E-state index < -0.39 is 24.4 Å². The molecule has 2 aromatic carbocycles. The zero-order valence-corrected chi connectivity index (χ0v) is 15.6. The van der Waals surface area contributed by atoms with E-state index in [2.05, 4.69) is 0 Å². The normalized spacial score (nSPS) is 14.0. The second kappa shape index (κ2) is 8.47. The minimum absolute atomic E-state index is 0.354. The molecule has 28 heavy (non-hydrogen) atoms. The van der Waals surface area contributed by atoms with Gasteiger partial charge in [0, 0.05) is 20.1 Å². The van der Waals surface area contributed by atoms with Gasteiger partial charge in [0.05, 0.1) is 0 Å². The maximum absolute atomic E-state index is 12.9. The predicted molar refractivity (Wildman–Crippen MR) is 102 cm³/mol. The van der Waals surface area contributed by atoms with E-state index in [1.165, 1.54) is 7.05 Å². The molecule has 1 saturated heterocycles. The number of likely N-dealkylation sites (N-methyl/N-ethyl adjacent to an activating group) is 1. The van der Waals surface area contributed by atoms with Gasteiger partial charge in [0.25, 0.3) is 0 Å². The van der Waals surface area contributed by atoms with E-state index in [0.29, 0.717) is 24.4 Å². The van der Waals surface area contributed by atoms with Gasteiger partial charge in [-0.1, -0.05) is 60.7 Å². The summed E-state index contributed by atoms with van der Waals surface area (Å²) in [6.45, 7) is 0.333. The first-order chi connectivity index (χ1) is 13.5. The lowest BCUT2D eigenvalue weighted by atomic mass is 10.1. The summed E-state index contributed by atoms with van der Waals surface area (Å²) in [7, 11) is 1.23. The molecule has 2 aromatic rings. The van der Waals surface area contributed by atoms with E-state index in [1.807, 2.05) is 60.7 Å². The van der Waals surface area contributed by atoms with Gasteiger partial charge in [-0.05, 0) is 17.5 Å². The number of carbonyl (C=O) groups excluding carboxylic acids is 4. The Bertz CT molecular complexity index is 883. The summed E-state index contributed by atoms with van der Waals surface area (Å²) in [5, 5.41) is 0. The Hall–Kier alpha value is -3.48. The Morgan fingerprint density at radius 1 is 0.857 bits per heavy atom. The van der Waals surface area contributed by atoms with Gasteiger partial charge in [0.2, 0.25) is 5.91 Å². The van der Waals surface area contributed by atoms with Crippen molar-refractivity contribution in [2.24, 2.45) is 0 Å². The van der Waals surface area contributed by atoms with Crippen molar-refractivity contribution in [3.05, 3.63) is 71.8 Å². The maximum Gasteiger partial charge on any atom is 0.334 e. The largest absolute Gasteiger partial charge is 0.336 e. The van der Waals surface area contributed by atoms with Crippen LogP contribution < -0.4 is 0 Å². The number of benzene rings is 2. The molecule has 144 valence electrons. The molecule has 1 fully saturated rings. The Labute approximate surface area is 163 Å². The molecular formula is C21H21N3O4. The smallest absolute Gasteiger partial charge is 0.334 e. The van der Waals surface area contributed by atoms with Gasteiger partial charge in [0.1, 0.15) is 6.54 Å². The number of rotatable bonds is 7. The topological polar surface area (TPSA) is 78.0 Å². The van der Waals surface area contributed by atoms with Crippen molar-refractivity contribution in [3.8, 4) is 0 Å². The van der Waals surface area contributed by atoms with Gasteiger partial charge < -0.3 is 4.90 Å². The third-order valence-corrected chi connectivity index (χ3v) is 4.63. The lowest BCUT2D eigenvalue weighted by Crippen LogP contribution is -2.43. The van der Waals surface area contributed by atoms with Gasteiger partial charge >= 0.3 is 17.8 Å². The van der Waals surface area contributed by atoms with Gasteiger partial charge in [-0.15, -0.1) is 0 Å². The molecule has 7 nitrogen and oxygen atoms in total. The summed E-state index contributed by atoms with van der Waals surface area (Å²) >= 11 is 0. The summed E-state index contributed by atoms with van der Waals surface area (Å²) in [6, 6.07) is 18.5. The average molecular weight is 379 g/mol. The maximum atomic E-state index is 12.9. The molecule has 0 N–H and O–H groups in total. The fraction of sp³-hybridized carbons (Fsp3) is 0.238. The predicted octanol–water partition coefficient (Wildman–Crippen LogP) is 1.68. The number of carbonyl (C=O) groups is 4. The second-order valence-corrected chi connectivity index (χ2v) is 6.57. The van der Waals surface area contributed by atoms with Crippen molar-refractivity contribution in [1.29, 1.82) is 0 Å². The SMILES string of the molecule is CN1C(=O)C(=O)N(CC(=O)N(CCc2ccccc2)Cc2ccccc2)C1=O. The molecule has 7 heteroatoms. The van der Waals surface area contributed by atoms with Crippen LogP contribution >= 0.6 is 0 Å². The van der Waals surface area contributed by atoms with Crippen molar-refractivity contribution in [1.82, 2.24) is 14.7 Å². The lowest BCUT2D eigenvalue weighted by Gasteiger charge is -2.25. The second-order valence-electron chi connectivity index (χ2n) is 6.57. The molecule has 0 bridgehead atoms. The molecule has 1 heterocycles. The van der Waals surface area contributed by atoms with Crippen molar-refractivity contribution in [3.63, 3.8) is 0 Å². The van der Waals surface area contributed by atoms with Crippen LogP contribution in [0.5, 0.6) is 0 Å².